The quantitative estimate of drug-likeness (QED) is 0.850. The van der Waals surface area contributed by atoms with Gasteiger partial charge in [0.25, 0.3) is 0 Å². The smallest absolute Gasteiger partial charge is 0.323 e. The van der Waals surface area contributed by atoms with Gasteiger partial charge in [0.2, 0.25) is 5.91 Å². The Morgan fingerprint density at radius 3 is 2.32 bits per heavy atom. The zero-order chi connectivity index (χ0) is 14.4. The van der Waals surface area contributed by atoms with Crippen LogP contribution in [0.4, 0.5) is 0 Å². The maximum absolute atomic E-state index is 12.2. The summed E-state index contributed by atoms with van der Waals surface area (Å²) in [6.07, 6.45) is 0. The van der Waals surface area contributed by atoms with Gasteiger partial charge in [0.1, 0.15) is 12.3 Å². The van der Waals surface area contributed by atoms with E-state index < -0.39 is 5.97 Å². The SMILES string of the molecule is CCN(CC(=O)O)C(=O)C(C)c1ccc(OC)cc1. The fourth-order valence-electron chi connectivity index (χ4n) is 1.82. The molecule has 0 aromatic heterocycles. The van der Waals surface area contributed by atoms with Crippen molar-refractivity contribution in [2.24, 2.45) is 0 Å². The summed E-state index contributed by atoms with van der Waals surface area (Å²) < 4.78 is 5.06. The number of benzene rings is 1. The fraction of sp³-hybridized carbons (Fsp3) is 0.429. The molecule has 0 radical (unpaired) electrons. The van der Waals surface area contributed by atoms with E-state index in [9.17, 15) is 9.59 Å². The minimum atomic E-state index is -1.00. The first-order chi connectivity index (χ1) is 8.99. The Hall–Kier alpha value is -2.04. The molecular weight excluding hydrogens is 246 g/mol. The molecule has 0 aliphatic rings. The lowest BCUT2D eigenvalue weighted by atomic mass is 9.99. The third-order valence-corrected chi connectivity index (χ3v) is 3.01. The molecular formula is C14H19NO4. The average Bonchev–Trinajstić information content (AvgIpc) is 2.43. The van der Waals surface area contributed by atoms with E-state index in [1.54, 1.807) is 33.1 Å². The molecule has 104 valence electrons. The largest absolute Gasteiger partial charge is 0.497 e. The molecule has 0 saturated carbocycles. The Kier molecular flexibility index (Phi) is 5.36. The Balaban J connectivity index is 2.81. The number of nitrogens with zero attached hydrogens (tertiary/aromatic N) is 1. The molecule has 1 rings (SSSR count). The zero-order valence-electron chi connectivity index (χ0n) is 11.4. The summed E-state index contributed by atoms with van der Waals surface area (Å²) in [5, 5.41) is 8.77. The summed E-state index contributed by atoms with van der Waals surface area (Å²) in [6, 6.07) is 7.20. The Labute approximate surface area is 112 Å². The van der Waals surface area contributed by atoms with E-state index in [-0.39, 0.29) is 18.4 Å². The van der Waals surface area contributed by atoms with Crippen molar-refractivity contribution in [1.82, 2.24) is 4.90 Å². The molecule has 1 amide bonds. The van der Waals surface area contributed by atoms with Crippen molar-refractivity contribution in [2.75, 3.05) is 20.2 Å². The first kappa shape index (κ1) is 15.0. The molecule has 1 unspecified atom stereocenters. The lowest BCUT2D eigenvalue weighted by molar-refractivity contribution is -0.144. The lowest BCUT2D eigenvalue weighted by Gasteiger charge is -2.23. The van der Waals surface area contributed by atoms with E-state index in [2.05, 4.69) is 0 Å². The van der Waals surface area contributed by atoms with Crippen LogP contribution in [0.3, 0.4) is 0 Å². The van der Waals surface area contributed by atoms with Crippen LogP contribution in [0, 0.1) is 0 Å². The van der Waals surface area contributed by atoms with E-state index in [1.807, 2.05) is 12.1 Å². The maximum Gasteiger partial charge on any atom is 0.323 e. The van der Waals surface area contributed by atoms with Crippen LogP contribution in [0.5, 0.6) is 5.75 Å². The normalized spacial score (nSPS) is 11.7. The highest BCUT2D eigenvalue weighted by Gasteiger charge is 2.22. The van der Waals surface area contributed by atoms with E-state index in [0.29, 0.717) is 6.54 Å². The molecule has 1 atom stereocenters. The predicted octanol–water partition coefficient (Wildman–Crippen LogP) is 1.73. The van der Waals surface area contributed by atoms with Gasteiger partial charge in [-0.3, -0.25) is 9.59 Å². The van der Waals surface area contributed by atoms with Gasteiger partial charge in [-0.1, -0.05) is 12.1 Å². The molecule has 5 nitrogen and oxygen atoms in total. The molecule has 0 aliphatic heterocycles. The molecule has 5 heteroatoms. The second-order valence-electron chi connectivity index (χ2n) is 4.24. The van der Waals surface area contributed by atoms with Gasteiger partial charge >= 0.3 is 5.97 Å². The topological polar surface area (TPSA) is 66.8 Å². The molecule has 0 heterocycles. The van der Waals surface area contributed by atoms with Crippen LogP contribution in [0.15, 0.2) is 24.3 Å². The number of carboxylic acid groups (broad SMARTS) is 1. The summed E-state index contributed by atoms with van der Waals surface area (Å²) in [6.45, 7) is 3.65. The van der Waals surface area contributed by atoms with Gasteiger partial charge in [-0.2, -0.15) is 0 Å². The van der Waals surface area contributed by atoms with Gasteiger partial charge in [0.15, 0.2) is 0 Å². The monoisotopic (exact) mass is 265 g/mol. The standard InChI is InChI=1S/C14H19NO4/c1-4-15(9-13(16)17)14(18)10(2)11-5-7-12(19-3)8-6-11/h5-8,10H,4,9H2,1-3H3,(H,16,17). The molecule has 0 fully saturated rings. The van der Waals surface area contributed by atoms with Gasteiger partial charge in [0.05, 0.1) is 13.0 Å². The summed E-state index contributed by atoms with van der Waals surface area (Å²) in [5.74, 6) is -0.835. The van der Waals surface area contributed by atoms with Crippen molar-refractivity contribution in [1.29, 1.82) is 0 Å². The molecule has 0 saturated heterocycles. The highest BCUT2D eigenvalue weighted by Crippen LogP contribution is 2.21. The summed E-state index contributed by atoms with van der Waals surface area (Å²) >= 11 is 0. The molecule has 1 N–H and O–H groups in total. The average molecular weight is 265 g/mol. The van der Waals surface area contributed by atoms with Gasteiger partial charge in [0, 0.05) is 6.54 Å². The Morgan fingerprint density at radius 1 is 1.32 bits per heavy atom. The minimum Gasteiger partial charge on any atom is -0.497 e. The van der Waals surface area contributed by atoms with E-state index >= 15 is 0 Å². The van der Waals surface area contributed by atoms with Crippen molar-refractivity contribution < 1.29 is 19.4 Å². The number of methoxy groups -OCH3 is 1. The van der Waals surface area contributed by atoms with Crippen LogP contribution in [-0.2, 0) is 9.59 Å². The number of rotatable bonds is 6. The Morgan fingerprint density at radius 2 is 1.89 bits per heavy atom. The summed E-state index contributed by atoms with van der Waals surface area (Å²) in [4.78, 5) is 24.2. The summed E-state index contributed by atoms with van der Waals surface area (Å²) in [5.41, 5.74) is 0.842. The predicted molar refractivity (Wildman–Crippen MR) is 71.3 cm³/mol. The van der Waals surface area contributed by atoms with E-state index in [1.165, 1.54) is 4.90 Å². The third-order valence-electron chi connectivity index (χ3n) is 3.01. The highest BCUT2D eigenvalue weighted by molar-refractivity contribution is 5.86. The number of carboxylic acids is 1. The number of carbonyl (C=O) groups is 2. The lowest BCUT2D eigenvalue weighted by Crippen LogP contribution is -2.38. The van der Waals surface area contributed by atoms with Crippen LogP contribution in [-0.4, -0.2) is 42.1 Å². The van der Waals surface area contributed by atoms with E-state index in [0.717, 1.165) is 11.3 Å². The molecule has 0 aliphatic carbocycles. The number of likely N-dealkylation sites (N-methyl/N-ethyl adjacent to an activating group) is 1. The van der Waals surface area contributed by atoms with Gasteiger partial charge in [-0.15, -0.1) is 0 Å². The van der Waals surface area contributed by atoms with Crippen molar-refractivity contribution in [3.63, 3.8) is 0 Å². The summed E-state index contributed by atoms with van der Waals surface area (Å²) in [7, 11) is 1.58. The van der Waals surface area contributed by atoms with Gasteiger partial charge < -0.3 is 14.7 Å². The van der Waals surface area contributed by atoms with Gasteiger partial charge in [-0.25, -0.2) is 0 Å². The second kappa shape index (κ2) is 6.78. The van der Waals surface area contributed by atoms with Gasteiger partial charge in [-0.05, 0) is 31.5 Å². The van der Waals surface area contributed by atoms with Crippen LogP contribution >= 0.6 is 0 Å². The molecule has 0 bridgehead atoms. The van der Waals surface area contributed by atoms with E-state index in [4.69, 9.17) is 9.84 Å². The van der Waals surface area contributed by atoms with Crippen molar-refractivity contribution in [3.05, 3.63) is 29.8 Å². The first-order valence-corrected chi connectivity index (χ1v) is 6.14. The van der Waals surface area contributed by atoms with Crippen LogP contribution in [0.2, 0.25) is 0 Å². The van der Waals surface area contributed by atoms with Crippen LogP contribution in [0.25, 0.3) is 0 Å². The molecule has 19 heavy (non-hydrogen) atoms. The van der Waals surface area contributed by atoms with Crippen LogP contribution in [0.1, 0.15) is 25.3 Å². The minimum absolute atomic E-state index is 0.185. The molecule has 1 aromatic rings. The first-order valence-electron chi connectivity index (χ1n) is 6.14. The van der Waals surface area contributed by atoms with Crippen LogP contribution < -0.4 is 4.74 Å². The maximum atomic E-state index is 12.2. The highest BCUT2D eigenvalue weighted by atomic mass is 16.5. The van der Waals surface area contributed by atoms with Crippen molar-refractivity contribution in [3.8, 4) is 5.75 Å². The fourth-order valence-corrected chi connectivity index (χ4v) is 1.82. The number of hydrogen-bond donors (Lipinski definition) is 1. The number of ether oxygens (including phenoxy) is 1. The number of hydrogen-bond acceptors (Lipinski definition) is 3. The molecule has 0 spiro atoms. The van der Waals surface area contributed by atoms with Crippen molar-refractivity contribution >= 4 is 11.9 Å². The number of amides is 1. The third kappa shape index (κ3) is 3.98. The molecule has 1 aromatic carbocycles. The number of aliphatic carboxylic acids is 1. The Bertz CT molecular complexity index is 441. The zero-order valence-corrected chi connectivity index (χ0v) is 11.4. The number of carbonyl (C=O) groups excluding carboxylic acids is 1. The second-order valence-corrected chi connectivity index (χ2v) is 4.24. The van der Waals surface area contributed by atoms with Crippen molar-refractivity contribution in [2.45, 2.75) is 19.8 Å².